The van der Waals surface area contributed by atoms with Gasteiger partial charge >= 0.3 is 5.97 Å². The Bertz CT molecular complexity index is 1230. The summed E-state index contributed by atoms with van der Waals surface area (Å²) in [4.78, 5) is 14.2. The van der Waals surface area contributed by atoms with Crippen molar-refractivity contribution in [1.29, 1.82) is 0 Å². The highest BCUT2D eigenvalue weighted by molar-refractivity contribution is 7.80. The van der Waals surface area contributed by atoms with Gasteiger partial charge in [0.15, 0.2) is 16.6 Å². The van der Waals surface area contributed by atoms with Crippen LogP contribution in [0.1, 0.15) is 40.0 Å². The van der Waals surface area contributed by atoms with Crippen molar-refractivity contribution in [2.24, 2.45) is 0 Å². The monoisotopic (exact) mass is 534 g/mol. The number of esters is 1. The van der Waals surface area contributed by atoms with Crippen molar-refractivity contribution in [3.63, 3.8) is 0 Å². The van der Waals surface area contributed by atoms with Gasteiger partial charge in [0, 0.05) is 13.1 Å². The molecule has 4 rings (SSSR count). The molecule has 0 saturated heterocycles. The van der Waals surface area contributed by atoms with E-state index >= 15 is 0 Å². The summed E-state index contributed by atoms with van der Waals surface area (Å²) in [6, 6.07) is 21.3. The molecule has 0 radical (unpaired) electrons. The molecule has 0 aliphatic carbocycles. The van der Waals surface area contributed by atoms with Crippen molar-refractivity contribution in [2.45, 2.75) is 25.8 Å². The number of fused-ring (bicyclic) bond motifs is 1. The molecular formula is C30H34N2O5S. The number of carbonyl (C=O) groups excluding carboxylic acids is 1. The van der Waals surface area contributed by atoms with Crippen LogP contribution in [0.3, 0.4) is 0 Å². The fraction of sp³-hybridized carbons (Fsp3) is 0.333. The van der Waals surface area contributed by atoms with Crippen molar-refractivity contribution < 1.29 is 23.7 Å². The molecule has 1 unspecified atom stereocenters. The molecule has 1 aliphatic rings. The van der Waals surface area contributed by atoms with Crippen LogP contribution in [0.15, 0.2) is 66.7 Å². The molecule has 1 aliphatic heterocycles. The molecule has 7 nitrogen and oxygen atoms in total. The maximum atomic E-state index is 12.0. The zero-order chi connectivity index (χ0) is 26.9. The predicted octanol–water partition coefficient (Wildman–Crippen LogP) is 4.98. The number of ether oxygens (including phenoxy) is 4. The third kappa shape index (κ3) is 6.55. The number of benzene rings is 3. The van der Waals surface area contributed by atoms with Crippen LogP contribution >= 0.6 is 12.2 Å². The Labute approximate surface area is 229 Å². The summed E-state index contributed by atoms with van der Waals surface area (Å²) in [5.41, 5.74) is 4.01. The van der Waals surface area contributed by atoms with E-state index in [0.717, 1.165) is 31.5 Å². The van der Waals surface area contributed by atoms with Gasteiger partial charge in [-0.25, -0.2) is 4.79 Å². The normalized spacial score (nSPS) is 14.3. The molecular weight excluding hydrogens is 500 g/mol. The summed E-state index contributed by atoms with van der Waals surface area (Å²) in [6.45, 7) is 3.97. The van der Waals surface area contributed by atoms with E-state index in [1.165, 1.54) is 11.1 Å². The minimum Gasteiger partial charge on any atom is -0.493 e. The first-order valence-corrected chi connectivity index (χ1v) is 13.2. The van der Waals surface area contributed by atoms with Crippen LogP contribution in [0, 0.1) is 0 Å². The zero-order valence-corrected chi connectivity index (χ0v) is 22.9. The van der Waals surface area contributed by atoms with E-state index in [2.05, 4.69) is 22.3 Å². The standard InChI is InChI=1S/C30H34N2O5S/c1-4-36-29(33)22-10-12-24(13-11-22)37-20-26-25-19-28(35-3)27(34-2)18-23(25)15-17-32(26)30(38)31-16-14-21-8-6-5-7-9-21/h5-13,18-19,26H,4,14-17,20H2,1-3H3,(H,31,38). The van der Waals surface area contributed by atoms with Crippen molar-refractivity contribution in [1.82, 2.24) is 10.2 Å². The first-order chi connectivity index (χ1) is 18.5. The molecule has 1 N–H and O–H groups in total. The van der Waals surface area contributed by atoms with E-state index in [0.29, 0.717) is 41.1 Å². The van der Waals surface area contributed by atoms with Crippen molar-refractivity contribution in [3.05, 3.63) is 89.0 Å². The number of nitrogens with one attached hydrogen (secondary N) is 1. The molecule has 0 amide bonds. The molecule has 1 heterocycles. The number of carbonyl (C=O) groups is 1. The van der Waals surface area contributed by atoms with Crippen LogP contribution in [0.5, 0.6) is 17.2 Å². The highest BCUT2D eigenvalue weighted by Crippen LogP contribution is 2.38. The molecule has 3 aromatic rings. The molecule has 0 saturated carbocycles. The van der Waals surface area contributed by atoms with Gasteiger partial charge in [0.1, 0.15) is 12.4 Å². The van der Waals surface area contributed by atoms with Gasteiger partial charge in [-0.3, -0.25) is 0 Å². The average molecular weight is 535 g/mol. The van der Waals surface area contributed by atoms with Gasteiger partial charge < -0.3 is 29.2 Å². The van der Waals surface area contributed by atoms with Crippen LogP contribution in [0.25, 0.3) is 0 Å². The highest BCUT2D eigenvalue weighted by Gasteiger charge is 2.31. The maximum Gasteiger partial charge on any atom is 0.338 e. The molecule has 3 aromatic carbocycles. The number of hydrogen-bond donors (Lipinski definition) is 1. The second kappa shape index (κ2) is 13.1. The van der Waals surface area contributed by atoms with Gasteiger partial charge in [0.25, 0.3) is 0 Å². The Hall–Kier alpha value is -3.78. The van der Waals surface area contributed by atoms with Gasteiger partial charge in [0.2, 0.25) is 0 Å². The number of hydrogen-bond acceptors (Lipinski definition) is 6. The van der Waals surface area contributed by atoms with Gasteiger partial charge in [-0.15, -0.1) is 0 Å². The molecule has 8 heteroatoms. The maximum absolute atomic E-state index is 12.0. The van der Waals surface area contributed by atoms with E-state index < -0.39 is 0 Å². The highest BCUT2D eigenvalue weighted by atomic mass is 32.1. The quantitative estimate of drug-likeness (QED) is 0.289. The number of thiocarbonyl (C=S) groups is 1. The van der Waals surface area contributed by atoms with E-state index in [9.17, 15) is 4.79 Å². The minimum absolute atomic E-state index is 0.139. The molecule has 38 heavy (non-hydrogen) atoms. The van der Waals surface area contributed by atoms with Crippen LogP contribution in [0.2, 0.25) is 0 Å². The third-order valence-corrected chi connectivity index (χ3v) is 6.95. The topological polar surface area (TPSA) is 69.3 Å². The molecule has 1 atom stereocenters. The summed E-state index contributed by atoms with van der Waals surface area (Å²) in [6.07, 6.45) is 1.70. The molecule has 0 fully saturated rings. The largest absolute Gasteiger partial charge is 0.493 e. The van der Waals surface area contributed by atoms with Gasteiger partial charge in [0.05, 0.1) is 32.4 Å². The Morgan fingerprint density at radius 3 is 2.42 bits per heavy atom. The fourth-order valence-corrected chi connectivity index (χ4v) is 4.91. The zero-order valence-electron chi connectivity index (χ0n) is 22.1. The lowest BCUT2D eigenvalue weighted by Gasteiger charge is -2.39. The predicted molar refractivity (Wildman–Crippen MR) is 151 cm³/mol. The third-order valence-electron chi connectivity index (χ3n) is 6.57. The van der Waals surface area contributed by atoms with Crippen molar-refractivity contribution in [2.75, 3.05) is 40.5 Å². The number of nitrogens with zero attached hydrogens (tertiary/aromatic N) is 1. The number of rotatable bonds is 10. The van der Waals surface area contributed by atoms with Gasteiger partial charge in [-0.05, 0) is 85.1 Å². The van der Waals surface area contributed by atoms with Crippen LogP contribution in [-0.2, 0) is 17.6 Å². The van der Waals surface area contributed by atoms with E-state index in [4.69, 9.17) is 31.2 Å². The summed E-state index contributed by atoms with van der Waals surface area (Å²) >= 11 is 5.86. The van der Waals surface area contributed by atoms with E-state index in [1.54, 1.807) is 45.4 Å². The summed E-state index contributed by atoms with van der Waals surface area (Å²) in [7, 11) is 3.28. The van der Waals surface area contributed by atoms with Crippen molar-refractivity contribution >= 4 is 23.3 Å². The first kappa shape index (κ1) is 27.3. The second-order valence-electron chi connectivity index (χ2n) is 8.89. The van der Waals surface area contributed by atoms with Crippen LogP contribution < -0.4 is 19.5 Å². The minimum atomic E-state index is -0.348. The smallest absolute Gasteiger partial charge is 0.338 e. The van der Waals surface area contributed by atoms with Gasteiger partial charge in [-0.1, -0.05) is 30.3 Å². The van der Waals surface area contributed by atoms with Crippen molar-refractivity contribution in [3.8, 4) is 17.2 Å². The Balaban J connectivity index is 1.52. The second-order valence-corrected chi connectivity index (χ2v) is 9.28. The number of methoxy groups -OCH3 is 2. The van der Waals surface area contributed by atoms with E-state index in [1.807, 2.05) is 30.3 Å². The lowest BCUT2D eigenvalue weighted by molar-refractivity contribution is 0.0526. The Kier molecular flexibility index (Phi) is 9.43. The first-order valence-electron chi connectivity index (χ1n) is 12.8. The fourth-order valence-electron chi connectivity index (χ4n) is 4.59. The summed E-state index contributed by atoms with van der Waals surface area (Å²) in [5, 5.41) is 4.12. The summed E-state index contributed by atoms with van der Waals surface area (Å²) < 4.78 is 22.4. The molecule has 0 aromatic heterocycles. The van der Waals surface area contributed by atoms with Gasteiger partial charge in [-0.2, -0.15) is 0 Å². The van der Waals surface area contributed by atoms with E-state index in [-0.39, 0.29) is 12.0 Å². The van der Waals surface area contributed by atoms with Crippen LogP contribution in [0.4, 0.5) is 0 Å². The lowest BCUT2D eigenvalue weighted by Crippen LogP contribution is -2.47. The average Bonchev–Trinajstić information content (AvgIpc) is 2.95. The Morgan fingerprint density at radius 2 is 1.74 bits per heavy atom. The molecule has 0 bridgehead atoms. The molecule has 200 valence electrons. The SMILES string of the molecule is CCOC(=O)c1ccc(OCC2c3cc(OC)c(OC)cc3CCN2C(=S)NCCc2ccccc2)cc1. The Morgan fingerprint density at radius 1 is 1.03 bits per heavy atom. The summed E-state index contributed by atoms with van der Waals surface area (Å²) in [5.74, 6) is 1.69. The lowest BCUT2D eigenvalue weighted by atomic mass is 9.92. The van der Waals surface area contributed by atoms with Crippen LogP contribution in [-0.4, -0.2) is 56.5 Å². The molecule has 0 spiro atoms.